The van der Waals surface area contributed by atoms with Crippen LogP contribution in [-0.4, -0.2) is 42.3 Å². The third kappa shape index (κ3) is 3.13. The summed E-state index contributed by atoms with van der Waals surface area (Å²) < 4.78 is 5.59. The van der Waals surface area contributed by atoms with Gasteiger partial charge in [-0.3, -0.25) is 0 Å². The molecule has 2 atom stereocenters. The number of hydrogen-bond acceptors (Lipinski definition) is 3. The van der Waals surface area contributed by atoms with Gasteiger partial charge in [0.15, 0.2) is 0 Å². The molecule has 5 nitrogen and oxygen atoms in total. The molecule has 0 radical (unpaired) electrons. The van der Waals surface area contributed by atoms with Crippen LogP contribution in [0.5, 0.6) is 5.75 Å². The molecular formula is C16H22N2O3. The molecule has 114 valence electrons. The van der Waals surface area contributed by atoms with Crippen molar-refractivity contribution in [1.29, 1.82) is 0 Å². The number of aliphatic hydroxyl groups excluding tert-OH is 1. The third-order valence-corrected chi connectivity index (χ3v) is 4.22. The van der Waals surface area contributed by atoms with Gasteiger partial charge in [-0.15, -0.1) is 0 Å². The summed E-state index contributed by atoms with van der Waals surface area (Å²) in [6.45, 7) is 2.86. The van der Waals surface area contributed by atoms with Crippen LogP contribution in [0.4, 0.5) is 4.79 Å². The van der Waals surface area contributed by atoms with E-state index in [9.17, 15) is 9.90 Å². The highest BCUT2D eigenvalue weighted by atomic mass is 16.5. The number of likely N-dealkylation sites (N-methyl/N-ethyl adjacent to an activating group) is 1. The monoisotopic (exact) mass is 290 g/mol. The predicted molar refractivity (Wildman–Crippen MR) is 79.3 cm³/mol. The molecule has 0 spiro atoms. The van der Waals surface area contributed by atoms with Crippen molar-refractivity contribution < 1.29 is 14.6 Å². The normalized spacial score (nSPS) is 21.4. The van der Waals surface area contributed by atoms with Crippen LogP contribution in [0.3, 0.4) is 0 Å². The first kappa shape index (κ1) is 14.2. The average Bonchev–Trinajstić information content (AvgIpc) is 3.23. The summed E-state index contributed by atoms with van der Waals surface area (Å²) >= 11 is 0. The Morgan fingerprint density at radius 1 is 1.52 bits per heavy atom. The second-order valence-corrected chi connectivity index (χ2v) is 6.14. The maximum Gasteiger partial charge on any atom is 0.317 e. The highest BCUT2D eigenvalue weighted by molar-refractivity contribution is 5.74. The van der Waals surface area contributed by atoms with E-state index in [-0.39, 0.29) is 12.1 Å². The average molecular weight is 290 g/mol. The molecule has 21 heavy (non-hydrogen) atoms. The van der Waals surface area contributed by atoms with Crippen LogP contribution in [0, 0.1) is 12.8 Å². The van der Waals surface area contributed by atoms with Crippen molar-refractivity contribution in [2.24, 2.45) is 5.92 Å². The number of urea groups is 1. The molecule has 0 bridgehead atoms. The van der Waals surface area contributed by atoms with Crippen molar-refractivity contribution >= 4 is 6.03 Å². The van der Waals surface area contributed by atoms with E-state index >= 15 is 0 Å². The van der Waals surface area contributed by atoms with Gasteiger partial charge in [0.2, 0.25) is 0 Å². The summed E-state index contributed by atoms with van der Waals surface area (Å²) in [4.78, 5) is 13.8. The van der Waals surface area contributed by atoms with Gasteiger partial charge in [-0.2, -0.15) is 0 Å². The molecule has 1 aromatic rings. The quantitative estimate of drug-likeness (QED) is 0.889. The summed E-state index contributed by atoms with van der Waals surface area (Å²) in [6.07, 6.45) is 1.73. The second kappa shape index (κ2) is 5.56. The number of carbonyl (C=O) groups excluding carboxylic acids is 1. The van der Waals surface area contributed by atoms with Crippen molar-refractivity contribution in [1.82, 2.24) is 10.2 Å². The van der Waals surface area contributed by atoms with Crippen LogP contribution in [0.15, 0.2) is 18.2 Å². The van der Waals surface area contributed by atoms with Crippen LogP contribution in [0.25, 0.3) is 0 Å². The van der Waals surface area contributed by atoms with Crippen molar-refractivity contribution in [3.63, 3.8) is 0 Å². The fourth-order valence-electron chi connectivity index (χ4n) is 2.71. The van der Waals surface area contributed by atoms with Gasteiger partial charge < -0.3 is 20.1 Å². The Bertz CT molecular complexity index is 542. The molecule has 2 amide bonds. The molecule has 2 aliphatic rings. The molecule has 0 aromatic heterocycles. The smallest absolute Gasteiger partial charge is 0.317 e. The van der Waals surface area contributed by atoms with E-state index in [1.54, 1.807) is 11.9 Å². The van der Waals surface area contributed by atoms with Gasteiger partial charge in [0, 0.05) is 19.2 Å². The molecule has 1 aliphatic heterocycles. The Labute approximate surface area is 124 Å². The molecular weight excluding hydrogens is 268 g/mol. The van der Waals surface area contributed by atoms with Crippen molar-refractivity contribution in [3.05, 3.63) is 29.3 Å². The first-order valence-corrected chi connectivity index (χ1v) is 7.47. The lowest BCUT2D eigenvalue weighted by molar-refractivity contribution is 0.112. The predicted octanol–water partition coefficient (Wildman–Crippen LogP) is 1.84. The number of rotatable bonds is 4. The Hall–Kier alpha value is -1.75. The minimum atomic E-state index is -0.407. The molecule has 1 aliphatic carbocycles. The number of aliphatic hydroxyl groups is 1. The minimum Gasteiger partial charge on any atom is -0.491 e. The zero-order valence-corrected chi connectivity index (χ0v) is 12.5. The molecule has 3 rings (SSSR count). The Morgan fingerprint density at radius 2 is 2.29 bits per heavy atom. The van der Waals surface area contributed by atoms with E-state index < -0.39 is 6.10 Å². The van der Waals surface area contributed by atoms with Crippen molar-refractivity contribution in [2.45, 2.75) is 31.9 Å². The highest BCUT2D eigenvalue weighted by Crippen LogP contribution is 2.34. The first-order chi connectivity index (χ1) is 10.0. The lowest BCUT2D eigenvalue weighted by atomic mass is 10.1. The van der Waals surface area contributed by atoms with E-state index in [0.29, 0.717) is 19.1 Å². The number of fused-ring (bicyclic) bond motifs is 1. The van der Waals surface area contributed by atoms with Crippen LogP contribution >= 0.6 is 0 Å². The fraction of sp³-hybridized carbons (Fsp3) is 0.562. The lowest BCUT2D eigenvalue weighted by Crippen LogP contribution is -2.43. The summed E-state index contributed by atoms with van der Waals surface area (Å²) in [6, 6.07) is 5.70. The van der Waals surface area contributed by atoms with Gasteiger partial charge >= 0.3 is 6.03 Å². The van der Waals surface area contributed by atoms with Crippen LogP contribution in [0.1, 0.15) is 30.0 Å². The molecule has 5 heteroatoms. The Morgan fingerprint density at radius 3 is 3.00 bits per heavy atom. The van der Waals surface area contributed by atoms with Gasteiger partial charge in [0.1, 0.15) is 12.4 Å². The topological polar surface area (TPSA) is 61.8 Å². The van der Waals surface area contributed by atoms with Gasteiger partial charge in [0.05, 0.1) is 12.1 Å². The molecule has 0 saturated heterocycles. The number of aryl methyl sites for hydroxylation is 1. The van der Waals surface area contributed by atoms with Crippen LogP contribution < -0.4 is 10.1 Å². The summed E-state index contributed by atoms with van der Waals surface area (Å²) in [5.74, 6) is 1.21. The number of ether oxygens (including phenoxy) is 1. The van der Waals surface area contributed by atoms with E-state index in [0.717, 1.165) is 29.7 Å². The molecule has 1 fully saturated rings. The SMILES string of the molecule is Cc1ccc2c(c1)C(NC(=O)N(C)CC(O)C1CC1)CO2. The zero-order chi connectivity index (χ0) is 15.0. The van der Waals surface area contributed by atoms with E-state index in [1.807, 2.05) is 25.1 Å². The molecule has 2 unspecified atom stereocenters. The highest BCUT2D eigenvalue weighted by Gasteiger charge is 2.32. The van der Waals surface area contributed by atoms with Crippen molar-refractivity contribution in [3.8, 4) is 5.75 Å². The minimum absolute atomic E-state index is 0.118. The fourth-order valence-corrected chi connectivity index (χ4v) is 2.71. The molecule has 1 aromatic carbocycles. The van der Waals surface area contributed by atoms with E-state index in [2.05, 4.69) is 5.32 Å². The largest absolute Gasteiger partial charge is 0.491 e. The number of carbonyl (C=O) groups is 1. The van der Waals surface area contributed by atoms with Gasteiger partial charge in [0.25, 0.3) is 0 Å². The van der Waals surface area contributed by atoms with Crippen LogP contribution in [-0.2, 0) is 0 Å². The summed E-state index contributed by atoms with van der Waals surface area (Å²) in [7, 11) is 1.72. The number of nitrogens with one attached hydrogen (secondary N) is 1. The van der Waals surface area contributed by atoms with E-state index in [4.69, 9.17) is 4.74 Å². The Balaban J connectivity index is 1.59. The number of nitrogens with zero attached hydrogens (tertiary/aromatic N) is 1. The third-order valence-electron chi connectivity index (χ3n) is 4.22. The van der Waals surface area contributed by atoms with E-state index in [1.165, 1.54) is 0 Å². The maximum atomic E-state index is 12.2. The standard InChI is InChI=1S/C16H22N2O3/c1-10-3-6-15-12(7-10)13(9-21-15)17-16(20)18(2)8-14(19)11-4-5-11/h3,6-7,11,13-14,19H,4-5,8-9H2,1-2H3,(H,17,20). The summed E-state index contributed by atoms with van der Waals surface area (Å²) in [5, 5.41) is 12.9. The van der Waals surface area contributed by atoms with Crippen LogP contribution in [0.2, 0.25) is 0 Å². The summed E-state index contributed by atoms with van der Waals surface area (Å²) in [5.41, 5.74) is 2.18. The molecule has 1 heterocycles. The van der Waals surface area contributed by atoms with Gasteiger partial charge in [-0.05, 0) is 31.7 Å². The second-order valence-electron chi connectivity index (χ2n) is 6.14. The lowest BCUT2D eigenvalue weighted by Gasteiger charge is -2.23. The number of amides is 2. The number of benzene rings is 1. The zero-order valence-electron chi connectivity index (χ0n) is 12.5. The molecule has 2 N–H and O–H groups in total. The first-order valence-electron chi connectivity index (χ1n) is 7.47. The van der Waals surface area contributed by atoms with Crippen molar-refractivity contribution in [2.75, 3.05) is 20.2 Å². The number of hydrogen-bond donors (Lipinski definition) is 2. The Kier molecular flexibility index (Phi) is 3.76. The maximum absolute atomic E-state index is 12.2. The van der Waals surface area contributed by atoms with Gasteiger partial charge in [-0.1, -0.05) is 17.7 Å². The van der Waals surface area contributed by atoms with Gasteiger partial charge in [-0.25, -0.2) is 4.79 Å². The molecule has 1 saturated carbocycles.